The van der Waals surface area contributed by atoms with E-state index in [1.807, 2.05) is 0 Å². The number of para-hydroxylation sites is 2. The monoisotopic (exact) mass is 880 g/mol. The van der Waals surface area contributed by atoms with E-state index in [1.165, 1.54) is 66.8 Å². The number of rotatable bonds is 10. The molecule has 2 heteroatoms. The Hall–Kier alpha value is -8.98. The van der Waals surface area contributed by atoms with Crippen LogP contribution in [0.2, 0.25) is 0 Å². The smallest absolute Gasteiger partial charge is 0.0715 e. The van der Waals surface area contributed by atoms with Gasteiger partial charge in [0.25, 0.3) is 0 Å². The lowest BCUT2D eigenvalue weighted by atomic mass is 9.63. The Labute approximate surface area is 405 Å². The van der Waals surface area contributed by atoms with Crippen LogP contribution in [0.1, 0.15) is 22.3 Å². The van der Waals surface area contributed by atoms with E-state index in [4.69, 9.17) is 0 Å². The predicted octanol–water partition coefficient (Wildman–Crippen LogP) is 18.0. The minimum Gasteiger partial charge on any atom is -0.310 e. The average Bonchev–Trinajstić information content (AvgIpc) is 3.54. The largest absolute Gasteiger partial charge is 0.310 e. The lowest BCUT2D eigenvalue weighted by Crippen LogP contribution is -2.32. The van der Waals surface area contributed by atoms with Gasteiger partial charge < -0.3 is 9.80 Å². The molecule has 69 heavy (non-hydrogen) atoms. The van der Waals surface area contributed by atoms with Gasteiger partial charge in [-0.1, -0.05) is 218 Å². The van der Waals surface area contributed by atoms with Crippen molar-refractivity contribution in [1.29, 1.82) is 0 Å². The molecular weight excluding hydrogens is 833 g/mol. The lowest BCUT2D eigenvalue weighted by Gasteiger charge is -2.39. The molecule has 0 aromatic heterocycles. The van der Waals surface area contributed by atoms with E-state index in [0.717, 1.165) is 34.1 Å². The number of nitrogens with zero attached hydrogens (tertiary/aromatic N) is 2. The molecule has 2 nitrogen and oxygen atoms in total. The highest BCUT2D eigenvalue weighted by Crippen LogP contribution is 2.56. The number of hydrogen-bond acceptors (Lipinski definition) is 2. The van der Waals surface area contributed by atoms with Gasteiger partial charge in [0.2, 0.25) is 0 Å². The molecule has 0 fully saturated rings. The van der Waals surface area contributed by atoms with Crippen molar-refractivity contribution in [1.82, 2.24) is 0 Å². The zero-order valence-electron chi connectivity index (χ0n) is 38.1. The van der Waals surface area contributed by atoms with Gasteiger partial charge in [-0.15, -0.1) is 0 Å². The predicted molar refractivity (Wildman–Crippen MR) is 289 cm³/mol. The van der Waals surface area contributed by atoms with Crippen LogP contribution in [0.15, 0.2) is 291 Å². The van der Waals surface area contributed by atoms with Crippen molar-refractivity contribution in [2.45, 2.75) is 5.41 Å². The van der Waals surface area contributed by atoms with Crippen LogP contribution >= 0.6 is 0 Å². The molecule has 0 unspecified atom stereocenters. The van der Waals surface area contributed by atoms with E-state index < -0.39 is 5.41 Å². The number of anilines is 6. The first-order valence-electron chi connectivity index (χ1n) is 23.8. The fraction of sp³-hybridized carbons (Fsp3) is 0.0149. The zero-order valence-corrected chi connectivity index (χ0v) is 38.1. The Kier molecular flexibility index (Phi) is 10.8. The molecule has 11 aromatic rings. The van der Waals surface area contributed by atoms with Gasteiger partial charge in [-0.05, 0) is 140 Å². The lowest BCUT2D eigenvalue weighted by molar-refractivity contribution is 0.751. The topological polar surface area (TPSA) is 6.48 Å². The van der Waals surface area contributed by atoms with Gasteiger partial charge in [-0.3, -0.25) is 0 Å². The molecule has 0 saturated carbocycles. The third-order valence-electron chi connectivity index (χ3n) is 13.7. The highest BCUT2D eigenvalue weighted by Gasteiger charge is 2.44. The summed E-state index contributed by atoms with van der Waals surface area (Å²) in [4.78, 5) is 4.78. The highest BCUT2D eigenvalue weighted by molar-refractivity contribution is 5.93. The molecule has 0 aliphatic heterocycles. The SMILES string of the molecule is c1ccc(-c2ccc(N(c3ccccc3)c3cccc(C4(c5cccc(N(c6ccccc6)c6ccc(-c7ccccc7)cc6)c5)c5ccccc5-c5ccccc5-c5ccccc54)c3)cc2)cc1. The van der Waals surface area contributed by atoms with E-state index >= 15 is 0 Å². The van der Waals surface area contributed by atoms with Gasteiger partial charge in [0.1, 0.15) is 0 Å². The first kappa shape index (κ1) is 41.5. The molecule has 0 atom stereocenters. The van der Waals surface area contributed by atoms with E-state index in [2.05, 4.69) is 301 Å². The molecule has 326 valence electrons. The summed E-state index contributed by atoms with van der Waals surface area (Å²) in [6, 6.07) is 106. The number of fused-ring (bicyclic) bond motifs is 5. The van der Waals surface area contributed by atoms with E-state index in [1.54, 1.807) is 0 Å². The summed E-state index contributed by atoms with van der Waals surface area (Å²) in [5.74, 6) is 0. The summed E-state index contributed by atoms with van der Waals surface area (Å²) >= 11 is 0. The number of hydrogen-bond donors (Lipinski definition) is 0. The molecule has 0 spiro atoms. The van der Waals surface area contributed by atoms with Crippen LogP contribution in [0, 0.1) is 0 Å². The second kappa shape index (κ2) is 18.0. The minimum atomic E-state index is -0.780. The second-order valence-electron chi connectivity index (χ2n) is 17.7. The van der Waals surface area contributed by atoms with Crippen LogP contribution in [-0.4, -0.2) is 0 Å². The molecule has 0 heterocycles. The maximum absolute atomic E-state index is 2.44. The van der Waals surface area contributed by atoms with E-state index in [0.29, 0.717) is 0 Å². The van der Waals surface area contributed by atoms with Crippen LogP contribution in [0.3, 0.4) is 0 Å². The Morgan fingerprint density at radius 1 is 0.203 bits per heavy atom. The van der Waals surface area contributed by atoms with Crippen LogP contribution in [0.25, 0.3) is 44.5 Å². The van der Waals surface area contributed by atoms with Crippen molar-refractivity contribution in [2.24, 2.45) is 0 Å². The van der Waals surface area contributed by atoms with Crippen molar-refractivity contribution in [3.63, 3.8) is 0 Å². The molecular formula is C67H48N2. The number of benzene rings is 11. The molecule has 1 aliphatic rings. The van der Waals surface area contributed by atoms with Gasteiger partial charge in [-0.2, -0.15) is 0 Å². The Balaban J connectivity index is 1.10. The molecule has 0 N–H and O–H groups in total. The fourth-order valence-corrected chi connectivity index (χ4v) is 10.6. The third kappa shape index (κ3) is 7.49. The van der Waals surface area contributed by atoms with Crippen molar-refractivity contribution in [3.05, 3.63) is 313 Å². The molecule has 0 radical (unpaired) electrons. The van der Waals surface area contributed by atoms with Crippen LogP contribution < -0.4 is 9.80 Å². The summed E-state index contributed by atoms with van der Waals surface area (Å²) in [5.41, 5.74) is 20.2. The summed E-state index contributed by atoms with van der Waals surface area (Å²) in [7, 11) is 0. The van der Waals surface area contributed by atoms with Gasteiger partial charge in [0, 0.05) is 34.1 Å². The molecule has 1 aliphatic carbocycles. The van der Waals surface area contributed by atoms with Crippen LogP contribution in [0.4, 0.5) is 34.1 Å². The maximum atomic E-state index is 2.44. The average molecular weight is 881 g/mol. The van der Waals surface area contributed by atoms with Crippen LogP contribution in [0.5, 0.6) is 0 Å². The Morgan fingerprint density at radius 3 is 0.884 bits per heavy atom. The standard InChI is InChI=1S/C67H48N2/c1-5-21-49(22-6-1)51-39-43-57(44-40-51)68(55-27-9-3-10-28-55)59-31-19-25-53(47-59)67(65-37-17-15-35-63(65)61-33-13-14-34-62(61)64-36-16-18-38-66(64)67)54-26-20-32-60(48-54)69(56-29-11-4-12-30-56)58-45-41-52(42-46-58)50-23-7-2-8-24-50/h1-48H. The van der Waals surface area contributed by atoms with Gasteiger partial charge >= 0.3 is 0 Å². The van der Waals surface area contributed by atoms with Crippen molar-refractivity contribution >= 4 is 34.1 Å². The highest BCUT2D eigenvalue weighted by atomic mass is 15.1. The van der Waals surface area contributed by atoms with Crippen LogP contribution in [-0.2, 0) is 5.41 Å². The maximum Gasteiger partial charge on any atom is 0.0715 e. The molecule has 11 aromatic carbocycles. The third-order valence-corrected chi connectivity index (χ3v) is 13.7. The van der Waals surface area contributed by atoms with E-state index in [9.17, 15) is 0 Å². The summed E-state index contributed by atoms with van der Waals surface area (Å²) < 4.78 is 0. The Bertz CT molecular complexity index is 3290. The molecule has 12 rings (SSSR count). The van der Waals surface area contributed by atoms with Crippen molar-refractivity contribution in [2.75, 3.05) is 9.80 Å². The molecule has 0 saturated heterocycles. The zero-order chi connectivity index (χ0) is 46.0. The van der Waals surface area contributed by atoms with Crippen molar-refractivity contribution < 1.29 is 0 Å². The first-order chi connectivity index (χ1) is 34.2. The first-order valence-corrected chi connectivity index (χ1v) is 23.8. The fourth-order valence-electron chi connectivity index (χ4n) is 10.6. The molecule has 0 bridgehead atoms. The summed E-state index contributed by atoms with van der Waals surface area (Å²) in [5, 5.41) is 0. The minimum absolute atomic E-state index is 0.780. The van der Waals surface area contributed by atoms with E-state index in [-0.39, 0.29) is 0 Å². The second-order valence-corrected chi connectivity index (χ2v) is 17.7. The quantitative estimate of drug-likeness (QED) is 0.135. The van der Waals surface area contributed by atoms with Gasteiger partial charge in [0.05, 0.1) is 5.41 Å². The molecule has 0 amide bonds. The van der Waals surface area contributed by atoms with Gasteiger partial charge in [-0.25, -0.2) is 0 Å². The normalized spacial score (nSPS) is 12.2. The Morgan fingerprint density at radius 2 is 0.493 bits per heavy atom. The summed E-state index contributed by atoms with van der Waals surface area (Å²) in [6.45, 7) is 0. The van der Waals surface area contributed by atoms with Gasteiger partial charge in [0.15, 0.2) is 0 Å². The van der Waals surface area contributed by atoms with Crippen molar-refractivity contribution in [3.8, 4) is 44.5 Å². The summed E-state index contributed by atoms with van der Waals surface area (Å²) in [6.07, 6.45) is 0.